The van der Waals surface area contributed by atoms with Gasteiger partial charge in [-0.15, -0.1) is 0 Å². The maximum absolute atomic E-state index is 12.7. The molecule has 0 aliphatic carbocycles. The van der Waals surface area contributed by atoms with Crippen LogP contribution in [0.2, 0.25) is 0 Å². The van der Waals surface area contributed by atoms with E-state index in [9.17, 15) is 14.4 Å². The molecule has 1 atom stereocenters. The van der Waals surface area contributed by atoms with Gasteiger partial charge < -0.3 is 14.2 Å². The van der Waals surface area contributed by atoms with E-state index >= 15 is 0 Å². The van der Waals surface area contributed by atoms with Gasteiger partial charge in [-0.05, 0) is 96.3 Å². The molecule has 0 saturated carbocycles. The molecule has 0 aromatic rings. The Bertz CT molecular complexity index is 1360. The van der Waals surface area contributed by atoms with Gasteiger partial charge >= 0.3 is 17.9 Å². The predicted molar refractivity (Wildman–Crippen MR) is 293 cm³/mol. The fourth-order valence-corrected chi connectivity index (χ4v) is 7.60. The topological polar surface area (TPSA) is 78.9 Å². The van der Waals surface area contributed by atoms with E-state index in [1.807, 2.05) is 0 Å². The number of carbonyl (C=O) groups is 3. The molecule has 0 fully saturated rings. The summed E-state index contributed by atoms with van der Waals surface area (Å²) >= 11 is 0. The van der Waals surface area contributed by atoms with Crippen LogP contribution >= 0.6 is 0 Å². The Morgan fingerprint density at radius 3 is 0.971 bits per heavy atom. The lowest BCUT2D eigenvalue weighted by atomic mass is 10.0. The first-order valence-corrected chi connectivity index (χ1v) is 28.2. The molecule has 0 aromatic carbocycles. The molecule has 0 N–H and O–H groups in total. The van der Waals surface area contributed by atoms with Crippen molar-refractivity contribution in [1.29, 1.82) is 0 Å². The van der Waals surface area contributed by atoms with Crippen LogP contribution in [0.4, 0.5) is 0 Å². The van der Waals surface area contributed by atoms with Crippen molar-refractivity contribution in [2.45, 2.75) is 264 Å². The van der Waals surface area contributed by atoms with E-state index in [-0.39, 0.29) is 31.1 Å². The Morgan fingerprint density at radius 1 is 0.309 bits per heavy atom. The number of allylic oxidation sites excluding steroid dienone is 16. The third kappa shape index (κ3) is 53.3. The van der Waals surface area contributed by atoms with Crippen LogP contribution in [0, 0.1) is 0 Å². The molecule has 0 spiro atoms. The number of hydrogen-bond acceptors (Lipinski definition) is 6. The fourth-order valence-electron chi connectivity index (χ4n) is 7.60. The molecule has 68 heavy (non-hydrogen) atoms. The highest BCUT2D eigenvalue weighted by atomic mass is 16.6. The Morgan fingerprint density at radius 2 is 0.603 bits per heavy atom. The number of carbonyl (C=O) groups excluding carboxylic acids is 3. The number of unbranched alkanes of at least 4 members (excludes halogenated alkanes) is 23. The molecule has 0 saturated heterocycles. The molecule has 6 nitrogen and oxygen atoms in total. The van der Waals surface area contributed by atoms with Gasteiger partial charge in [-0.25, -0.2) is 0 Å². The Hall–Kier alpha value is -3.67. The molecule has 6 heteroatoms. The zero-order chi connectivity index (χ0) is 49.3. The van der Waals surface area contributed by atoms with E-state index in [2.05, 4.69) is 118 Å². The van der Waals surface area contributed by atoms with Crippen LogP contribution in [0.25, 0.3) is 0 Å². The van der Waals surface area contributed by atoms with E-state index < -0.39 is 6.10 Å². The van der Waals surface area contributed by atoms with Gasteiger partial charge in [-0.2, -0.15) is 0 Å². The van der Waals surface area contributed by atoms with E-state index in [1.165, 1.54) is 96.3 Å². The smallest absolute Gasteiger partial charge is 0.306 e. The first kappa shape index (κ1) is 64.3. The largest absolute Gasteiger partial charge is 0.462 e. The van der Waals surface area contributed by atoms with Crippen molar-refractivity contribution >= 4 is 17.9 Å². The van der Waals surface area contributed by atoms with Crippen LogP contribution in [-0.4, -0.2) is 37.2 Å². The van der Waals surface area contributed by atoms with E-state index in [1.54, 1.807) is 0 Å². The van der Waals surface area contributed by atoms with Gasteiger partial charge in [0.1, 0.15) is 13.2 Å². The quantitative estimate of drug-likeness (QED) is 0.0262. The molecule has 0 aliphatic heterocycles. The summed E-state index contributed by atoms with van der Waals surface area (Å²) in [7, 11) is 0. The van der Waals surface area contributed by atoms with Crippen molar-refractivity contribution in [3.8, 4) is 0 Å². The maximum Gasteiger partial charge on any atom is 0.306 e. The Kier molecular flexibility index (Phi) is 52.9. The molecule has 388 valence electrons. The van der Waals surface area contributed by atoms with Crippen LogP contribution in [0.1, 0.15) is 258 Å². The first-order chi connectivity index (χ1) is 33.5. The molecule has 0 aromatic heterocycles. The second kappa shape index (κ2) is 55.9. The molecule has 0 rings (SSSR count). The minimum absolute atomic E-state index is 0.0798. The fraction of sp³-hybridized carbons (Fsp3) is 0.694. The summed E-state index contributed by atoms with van der Waals surface area (Å²) in [6, 6.07) is 0. The van der Waals surface area contributed by atoms with Crippen molar-refractivity contribution < 1.29 is 28.6 Å². The van der Waals surface area contributed by atoms with Crippen molar-refractivity contribution in [3.63, 3.8) is 0 Å². The monoisotopic (exact) mass is 945 g/mol. The summed E-state index contributed by atoms with van der Waals surface area (Å²) in [6.45, 7) is 6.40. The maximum atomic E-state index is 12.7. The first-order valence-electron chi connectivity index (χ1n) is 28.2. The highest BCUT2D eigenvalue weighted by Crippen LogP contribution is 2.15. The van der Waals surface area contributed by atoms with Crippen molar-refractivity contribution in [2.24, 2.45) is 0 Å². The van der Waals surface area contributed by atoms with Gasteiger partial charge in [0.2, 0.25) is 0 Å². The number of hydrogen-bond donors (Lipinski definition) is 0. The zero-order valence-electron chi connectivity index (χ0n) is 44.3. The minimum atomic E-state index is -0.777. The number of ether oxygens (including phenoxy) is 3. The molecule has 0 amide bonds. The van der Waals surface area contributed by atoms with Crippen LogP contribution in [0.3, 0.4) is 0 Å². The van der Waals surface area contributed by atoms with E-state index in [4.69, 9.17) is 14.2 Å². The zero-order valence-corrected chi connectivity index (χ0v) is 44.3. The average molecular weight is 946 g/mol. The van der Waals surface area contributed by atoms with E-state index in [0.717, 1.165) is 122 Å². The third-order valence-corrected chi connectivity index (χ3v) is 11.8. The molecular formula is C62H104O6. The van der Waals surface area contributed by atoms with Crippen molar-refractivity contribution in [2.75, 3.05) is 13.2 Å². The summed E-state index contributed by atoms with van der Waals surface area (Å²) in [5, 5.41) is 0. The number of esters is 3. The van der Waals surface area contributed by atoms with Crippen LogP contribution < -0.4 is 0 Å². The van der Waals surface area contributed by atoms with E-state index in [0.29, 0.717) is 19.3 Å². The van der Waals surface area contributed by atoms with Gasteiger partial charge in [-0.1, -0.05) is 240 Å². The summed E-state index contributed by atoms with van der Waals surface area (Å²) in [4.78, 5) is 37.7. The standard InChI is InChI=1S/C62H104O6/c1-4-7-10-13-16-18-20-21-22-23-24-25-26-27-28-29-30-31-32-33-34-35-36-37-38-39-40-41-42-44-46-49-52-55-61(64)67-58-59(57-66-60(63)54-51-48-45-15-12-9-6-3)68-62(65)56-53-50-47-43-19-17-14-11-8-5-2/h7,10-11,14,16,18,21-22,24-25,27-28,30-31,33-34,59H,4-6,8-9,12-13,15,17,19-20,23,26,29,32,35-58H2,1-3H3/b10-7-,14-11-,18-16-,22-21-,25-24-,28-27-,31-30-,34-33-. The lowest BCUT2D eigenvalue weighted by molar-refractivity contribution is -0.167. The Labute approximate surface area is 419 Å². The van der Waals surface area contributed by atoms with Gasteiger partial charge in [-0.3, -0.25) is 14.4 Å². The lowest BCUT2D eigenvalue weighted by Crippen LogP contribution is -2.30. The highest BCUT2D eigenvalue weighted by Gasteiger charge is 2.19. The van der Waals surface area contributed by atoms with Crippen LogP contribution in [0.15, 0.2) is 97.2 Å². The van der Waals surface area contributed by atoms with Gasteiger partial charge in [0.25, 0.3) is 0 Å². The number of rotatable bonds is 50. The summed E-state index contributed by atoms with van der Waals surface area (Å²) in [6.07, 6.45) is 74.4. The normalized spacial score (nSPS) is 12.8. The predicted octanol–water partition coefficient (Wildman–Crippen LogP) is 18.9. The summed E-state index contributed by atoms with van der Waals surface area (Å²) in [5.74, 6) is -0.902. The van der Waals surface area contributed by atoms with Crippen molar-refractivity contribution in [1.82, 2.24) is 0 Å². The summed E-state index contributed by atoms with van der Waals surface area (Å²) < 4.78 is 16.7. The van der Waals surface area contributed by atoms with Gasteiger partial charge in [0.05, 0.1) is 0 Å². The summed E-state index contributed by atoms with van der Waals surface area (Å²) in [5.41, 5.74) is 0. The molecule has 0 aliphatic rings. The molecule has 0 radical (unpaired) electrons. The average Bonchev–Trinajstić information content (AvgIpc) is 3.34. The van der Waals surface area contributed by atoms with Gasteiger partial charge in [0, 0.05) is 19.3 Å². The lowest BCUT2D eigenvalue weighted by Gasteiger charge is -2.18. The highest BCUT2D eigenvalue weighted by molar-refractivity contribution is 5.71. The second-order valence-corrected chi connectivity index (χ2v) is 18.5. The second-order valence-electron chi connectivity index (χ2n) is 18.5. The molecular weight excluding hydrogens is 841 g/mol. The van der Waals surface area contributed by atoms with Crippen LogP contribution in [-0.2, 0) is 28.6 Å². The van der Waals surface area contributed by atoms with Crippen LogP contribution in [0.5, 0.6) is 0 Å². The molecule has 0 bridgehead atoms. The third-order valence-electron chi connectivity index (χ3n) is 11.8. The minimum Gasteiger partial charge on any atom is -0.462 e. The van der Waals surface area contributed by atoms with Gasteiger partial charge in [0.15, 0.2) is 6.10 Å². The van der Waals surface area contributed by atoms with Crippen molar-refractivity contribution in [3.05, 3.63) is 97.2 Å². The SMILES string of the molecule is CC/C=C\C/C=C\C/C=C\C/C=C\C/C=C\C/C=C\C/C=C\CCCCCCCCCCCCCC(=O)OCC(COC(=O)CCCCCCCCC)OC(=O)CCCCCCC/C=C\CCC. The molecule has 1 unspecified atom stereocenters. The molecule has 0 heterocycles. The Balaban J connectivity index is 4.03.